The van der Waals surface area contributed by atoms with E-state index in [2.05, 4.69) is 9.47 Å². The van der Waals surface area contributed by atoms with Crippen LogP contribution in [-0.2, 0) is 4.74 Å². The molecule has 1 fully saturated rings. The second-order valence-corrected chi connectivity index (χ2v) is 4.45. The molecule has 1 saturated heterocycles. The van der Waals surface area contributed by atoms with E-state index in [1.165, 1.54) is 0 Å². The number of hydrogen-bond acceptors (Lipinski definition) is 3. The lowest BCUT2D eigenvalue weighted by Crippen LogP contribution is -2.49. The van der Waals surface area contributed by atoms with Crippen LogP contribution in [0.5, 0.6) is 5.75 Å². The molecule has 2 rings (SSSR count). The smallest absolute Gasteiger partial charge is 0.443 e. The van der Waals surface area contributed by atoms with E-state index in [0.29, 0.717) is 0 Å². The Labute approximate surface area is 132 Å². The number of carbonyl (C=O) groups excluding carboxylic acids is 1. The molecule has 0 unspecified atom stereocenters. The molecule has 0 saturated carbocycles. The van der Waals surface area contributed by atoms with Crippen LogP contribution in [0.15, 0.2) is 24.3 Å². The fraction of sp³-hybridized carbons (Fsp3) is 0.417. The fourth-order valence-corrected chi connectivity index (χ4v) is 1.77. The maximum atomic E-state index is 13.6. The Balaban J connectivity index is 0.00000264. The SMILES string of the molecule is Cl.O=C1N[C@@H](c2ccc(OC(F)(F)C(F)F)cc2)C(F)(F)CO1. The molecule has 1 aromatic carbocycles. The lowest BCUT2D eigenvalue weighted by Gasteiger charge is -2.31. The summed E-state index contributed by atoms with van der Waals surface area (Å²) in [5.74, 6) is -4.04. The highest BCUT2D eigenvalue weighted by atomic mass is 35.5. The van der Waals surface area contributed by atoms with Crippen molar-refractivity contribution in [1.29, 1.82) is 0 Å². The maximum Gasteiger partial charge on any atom is 0.461 e. The summed E-state index contributed by atoms with van der Waals surface area (Å²) in [7, 11) is 0. The number of rotatable bonds is 4. The Morgan fingerprint density at radius 3 is 2.35 bits per heavy atom. The standard InChI is InChI=1S/C12H9F6NO3.ClH/c13-9(14)12(17,18)22-7-3-1-6(2-4-7)8-11(15,16)5-21-10(20)19-8;/h1-4,8-9H,5H2,(H,19,20);1H/t8-;/m0./s1. The highest BCUT2D eigenvalue weighted by Gasteiger charge is 2.47. The molecule has 0 aromatic heterocycles. The number of alkyl halides is 6. The van der Waals surface area contributed by atoms with Gasteiger partial charge in [-0.05, 0) is 17.7 Å². The molecular weight excluding hydrogens is 356 g/mol. The zero-order chi connectivity index (χ0) is 16.5. The summed E-state index contributed by atoms with van der Waals surface area (Å²) in [6, 6.07) is 1.84. The summed E-state index contributed by atoms with van der Waals surface area (Å²) >= 11 is 0. The normalized spacial score (nSPS) is 20.3. The van der Waals surface area contributed by atoms with E-state index in [0.717, 1.165) is 24.3 Å². The molecule has 0 spiro atoms. The van der Waals surface area contributed by atoms with Crippen molar-refractivity contribution in [3.8, 4) is 5.75 Å². The molecule has 1 atom stereocenters. The number of cyclic esters (lactones) is 1. The van der Waals surface area contributed by atoms with Crippen LogP contribution in [0.3, 0.4) is 0 Å². The largest absolute Gasteiger partial charge is 0.461 e. The van der Waals surface area contributed by atoms with Gasteiger partial charge in [0.2, 0.25) is 0 Å². The minimum atomic E-state index is -4.70. The number of alkyl carbamates (subject to hydrolysis) is 1. The molecule has 1 heterocycles. The first-order chi connectivity index (χ1) is 10.1. The Kier molecular flexibility index (Phi) is 5.62. The van der Waals surface area contributed by atoms with Crippen molar-refractivity contribution < 1.29 is 40.6 Å². The minimum absolute atomic E-state index is 0. The van der Waals surface area contributed by atoms with E-state index in [4.69, 9.17) is 0 Å². The van der Waals surface area contributed by atoms with Crippen LogP contribution >= 0.6 is 12.4 Å². The number of amides is 1. The van der Waals surface area contributed by atoms with Crippen molar-refractivity contribution in [1.82, 2.24) is 5.32 Å². The predicted octanol–water partition coefficient (Wildman–Crippen LogP) is 3.76. The molecule has 1 aliphatic heterocycles. The fourth-order valence-electron chi connectivity index (χ4n) is 1.77. The average molecular weight is 366 g/mol. The highest BCUT2D eigenvalue weighted by molar-refractivity contribution is 5.85. The van der Waals surface area contributed by atoms with Crippen LogP contribution < -0.4 is 10.1 Å². The molecule has 1 aliphatic rings. The number of nitrogens with one attached hydrogen (secondary N) is 1. The number of hydrogen-bond donors (Lipinski definition) is 1. The van der Waals surface area contributed by atoms with Crippen LogP contribution in [0, 0.1) is 0 Å². The number of benzene rings is 1. The van der Waals surface area contributed by atoms with E-state index in [1.54, 1.807) is 0 Å². The third-order valence-corrected chi connectivity index (χ3v) is 2.80. The van der Waals surface area contributed by atoms with E-state index >= 15 is 0 Å². The summed E-state index contributed by atoms with van der Waals surface area (Å²) < 4.78 is 84.5. The molecule has 23 heavy (non-hydrogen) atoms. The quantitative estimate of drug-likeness (QED) is 0.826. The first kappa shape index (κ1) is 19.2. The predicted molar refractivity (Wildman–Crippen MR) is 67.4 cm³/mol. The molecular formula is C12H10ClF6NO3. The van der Waals surface area contributed by atoms with Gasteiger partial charge in [-0.1, -0.05) is 12.1 Å². The average Bonchev–Trinajstić information content (AvgIpc) is 2.42. The van der Waals surface area contributed by atoms with Crippen LogP contribution in [0.1, 0.15) is 11.6 Å². The monoisotopic (exact) mass is 365 g/mol. The molecule has 1 N–H and O–H groups in total. The van der Waals surface area contributed by atoms with Crippen LogP contribution in [0.25, 0.3) is 0 Å². The molecule has 130 valence electrons. The summed E-state index contributed by atoms with van der Waals surface area (Å²) in [6.45, 7) is -1.13. The molecule has 0 radical (unpaired) electrons. The minimum Gasteiger partial charge on any atom is -0.443 e. The summed E-state index contributed by atoms with van der Waals surface area (Å²) in [6.07, 6.45) is -9.79. The second-order valence-electron chi connectivity index (χ2n) is 4.45. The molecule has 11 heteroatoms. The van der Waals surface area contributed by atoms with E-state index in [1.807, 2.05) is 5.32 Å². The zero-order valence-corrected chi connectivity index (χ0v) is 11.9. The van der Waals surface area contributed by atoms with Crippen LogP contribution in [-0.4, -0.2) is 31.2 Å². The van der Waals surface area contributed by atoms with Gasteiger partial charge in [0.1, 0.15) is 11.8 Å². The van der Waals surface area contributed by atoms with Crippen molar-refractivity contribution in [3.63, 3.8) is 0 Å². The van der Waals surface area contributed by atoms with Gasteiger partial charge in [0.05, 0.1) is 0 Å². The Bertz CT molecular complexity index is 554. The molecule has 1 aromatic rings. The molecule has 1 amide bonds. The number of ether oxygens (including phenoxy) is 2. The summed E-state index contributed by atoms with van der Waals surface area (Å²) in [5, 5.41) is 1.89. The van der Waals surface area contributed by atoms with Gasteiger partial charge in [0, 0.05) is 0 Å². The van der Waals surface area contributed by atoms with Gasteiger partial charge in [-0.15, -0.1) is 12.4 Å². The molecule has 0 bridgehead atoms. The number of carbonyl (C=O) groups is 1. The Morgan fingerprint density at radius 1 is 1.26 bits per heavy atom. The van der Waals surface area contributed by atoms with E-state index in [-0.39, 0.29) is 18.0 Å². The Hall–Kier alpha value is -1.84. The van der Waals surface area contributed by atoms with Gasteiger partial charge >= 0.3 is 24.5 Å². The van der Waals surface area contributed by atoms with Gasteiger partial charge in [0.15, 0.2) is 6.61 Å². The van der Waals surface area contributed by atoms with Crippen LogP contribution in [0.2, 0.25) is 0 Å². The van der Waals surface area contributed by atoms with Crippen molar-refractivity contribution in [2.45, 2.75) is 24.5 Å². The summed E-state index contributed by atoms with van der Waals surface area (Å²) in [5.41, 5.74) is -0.116. The molecule has 0 aliphatic carbocycles. The third-order valence-electron chi connectivity index (χ3n) is 2.80. The van der Waals surface area contributed by atoms with E-state index in [9.17, 15) is 31.1 Å². The maximum absolute atomic E-state index is 13.6. The lowest BCUT2D eigenvalue weighted by molar-refractivity contribution is -0.253. The second kappa shape index (κ2) is 6.73. The van der Waals surface area contributed by atoms with Crippen LogP contribution in [0.4, 0.5) is 31.1 Å². The van der Waals surface area contributed by atoms with Gasteiger partial charge < -0.3 is 14.8 Å². The van der Waals surface area contributed by atoms with Gasteiger partial charge in [-0.2, -0.15) is 17.6 Å². The van der Waals surface area contributed by atoms with Crippen molar-refractivity contribution in [2.75, 3.05) is 6.61 Å². The van der Waals surface area contributed by atoms with Gasteiger partial charge in [-0.3, -0.25) is 0 Å². The first-order valence-corrected chi connectivity index (χ1v) is 5.88. The zero-order valence-electron chi connectivity index (χ0n) is 11.1. The summed E-state index contributed by atoms with van der Waals surface area (Å²) in [4.78, 5) is 11.0. The topological polar surface area (TPSA) is 47.6 Å². The van der Waals surface area contributed by atoms with Gasteiger partial charge in [-0.25, -0.2) is 13.6 Å². The Morgan fingerprint density at radius 2 is 1.83 bits per heavy atom. The van der Waals surface area contributed by atoms with E-state index < -0.39 is 42.9 Å². The number of halogens is 7. The van der Waals surface area contributed by atoms with Gasteiger partial charge in [0.25, 0.3) is 0 Å². The lowest BCUT2D eigenvalue weighted by atomic mass is 10.00. The van der Waals surface area contributed by atoms with Crippen molar-refractivity contribution in [3.05, 3.63) is 29.8 Å². The molecule has 4 nitrogen and oxygen atoms in total. The van der Waals surface area contributed by atoms with Crippen molar-refractivity contribution >= 4 is 18.5 Å². The highest BCUT2D eigenvalue weighted by Crippen LogP contribution is 2.35. The van der Waals surface area contributed by atoms with Crippen molar-refractivity contribution in [2.24, 2.45) is 0 Å². The third kappa shape index (κ3) is 4.34. The first-order valence-electron chi connectivity index (χ1n) is 5.88.